The first-order valence-electron chi connectivity index (χ1n) is 6.71. The molecule has 1 aliphatic rings. The summed E-state index contributed by atoms with van der Waals surface area (Å²) in [5.41, 5.74) is 4.02. The quantitative estimate of drug-likeness (QED) is 0.871. The first kappa shape index (κ1) is 11.6. The number of nitrogens with one attached hydrogen (secondary N) is 2. The normalized spacial score (nSPS) is 16.3. The molecule has 2 aromatic rings. The Morgan fingerprint density at radius 3 is 3.17 bits per heavy atom. The molecule has 0 radical (unpaired) electrons. The predicted octanol–water partition coefficient (Wildman–Crippen LogP) is 2.64. The van der Waals surface area contributed by atoms with Crippen LogP contribution in [0.5, 0.6) is 5.75 Å². The van der Waals surface area contributed by atoms with Gasteiger partial charge in [-0.3, -0.25) is 0 Å². The van der Waals surface area contributed by atoms with E-state index in [0.717, 1.165) is 31.6 Å². The van der Waals surface area contributed by atoms with Gasteiger partial charge < -0.3 is 15.0 Å². The molecule has 0 spiro atoms. The van der Waals surface area contributed by atoms with Gasteiger partial charge in [0.05, 0.1) is 6.61 Å². The monoisotopic (exact) mass is 244 g/mol. The Labute approximate surface area is 108 Å². The second kappa shape index (κ2) is 4.65. The van der Waals surface area contributed by atoms with Crippen LogP contribution in [0.4, 0.5) is 0 Å². The van der Waals surface area contributed by atoms with Crippen molar-refractivity contribution < 1.29 is 4.74 Å². The Kier molecular flexibility index (Phi) is 3.00. The summed E-state index contributed by atoms with van der Waals surface area (Å²) in [5, 5.41) is 4.69. The molecule has 96 valence electrons. The fraction of sp³-hybridized carbons (Fsp3) is 0.467. The molecule has 0 saturated heterocycles. The maximum Gasteiger partial charge on any atom is 0.123 e. The van der Waals surface area contributed by atoms with E-state index in [1.807, 2.05) is 7.05 Å². The number of fused-ring (bicyclic) bond motifs is 3. The molecule has 1 aromatic heterocycles. The number of ether oxygens (including phenoxy) is 1. The molecule has 0 amide bonds. The van der Waals surface area contributed by atoms with Crippen LogP contribution in [0.15, 0.2) is 18.3 Å². The summed E-state index contributed by atoms with van der Waals surface area (Å²) in [5.74, 6) is 1.08. The molecule has 18 heavy (non-hydrogen) atoms. The number of hydrogen-bond acceptors (Lipinski definition) is 2. The van der Waals surface area contributed by atoms with Crippen molar-refractivity contribution in [3.63, 3.8) is 0 Å². The standard InChI is InChI=1S/C15H20N2O/c1-10(16-2)8-11-9-17-13-5-6-14-12(15(11)13)4-3-7-18-14/h5-6,9-10,16-17H,3-4,7-8H2,1-2H3/t10-/m0/s1. The Hall–Kier alpha value is -1.48. The topological polar surface area (TPSA) is 37.0 Å². The minimum absolute atomic E-state index is 0.490. The van der Waals surface area contributed by atoms with Gasteiger partial charge in [-0.15, -0.1) is 0 Å². The van der Waals surface area contributed by atoms with Crippen LogP contribution < -0.4 is 10.1 Å². The van der Waals surface area contributed by atoms with Gasteiger partial charge >= 0.3 is 0 Å². The Bertz CT molecular complexity index is 559. The van der Waals surface area contributed by atoms with Crippen molar-refractivity contribution >= 4 is 10.9 Å². The van der Waals surface area contributed by atoms with Gasteiger partial charge in [0, 0.05) is 28.7 Å². The Morgan fingerprint density at radius 1 is 1.44 bits per heavy atom. The van der Waals surface area contributed by atoms with Crippen LogP contribution in [0, 0.1) is 0 Å². The summed E-state index contributed by atoms with van der Waals surface area (Å²) in [7, 11) is 2.01. The second-order valence-electron chi connectivity index (χ2n) is 5.12. The zero-order valence-electron chi connectivity index (χ0n) is 11.0. The van der Waals surface area contributed by atoms with Gasteiger partial charge in [-0.25, -0.2) is 0 Å². The third kappa shape index (κ3) is 1.89. The summed E-state index contributed by atoms with van der Waals surface area (Å²) in [4.78, 5) is 3.38. The van der Waals surface area contributed by atoms with E-state index in [4.69, 9.17) is 4.74 Å². The molecule has 1 aliphatic heterocycles. The van der Waals surface area contributed by atoms with E-state index in [0.29, 0.717) is 6.04 Å². The molecule has 0 aliphatic carbocycles. The summed E-state index contributed by atoms with van der Waals surface area (Å²) >= 11 is 0. The van der Waals surface area contributed by atoms with Gasteiger partial charge in [0.25, 0.3) is 0 Å². The van der Waals surface area contributed by atoms with E-state index in [2.05, 4.69) is 35.6 Å². The summed E-state index contributed by atoms with van der Waals surface area (Å²) in [6, 6.07) is 4.72. The highest BCUT2D eigenvalue weighted by Crippen LogP contribution is 2.34. The molecule has 2 N–H and O–H groups in total. The number of aromatic amines is 1. The van der Waals surface area contributed by atoms with Gasteiger partial charge in [-0.1, -0.05) is 0 Å². The highest BCUT2D eigenvalue weighted by atomic mass is 16.5. The molecular formula is C15H20N2O. The number of aromatic nitrogens is 1. The summed E-state index contributed by atoms with van der Waals surface area (Å²) < 4.78 is 5.76. The molecule has 3 nitrogen and oxygen atoms in total. The van der Waals surface area contributed by atoms with E-state index >= 15 is 0 Å². The number of H-pyrrole nitrogens is 1. The Morgan fingerprint density at radius 2 is 2.33 bits per heavy atom. The minimum atomic E-state index is 0.490. The van der Waals surface area contributed by atoms with Crippen molar-refractivity contribution in [2.24, 2.45) is 0 Å². The highest BCUT2D eigenvalue weighted by molar-refractivity contribution is 5.89. The Balaban J connectivity index is 2.09. The van der Waals surface area contributed by atoms with Crippen LogP contribution in [0.2, 0.25) is 0 Å². The zero-order chi connectivity index (χ0) is 12.5. The van der Waals surface area contributed by atoms with Crippen molar-refractivity contribution in [1.82, 2.24) is 10.3 Å². The zero-order valence-corrected chi connectivity index (χ0v) is 11.0. The second-order valence-corrected chi connectivity index (χ2v) is 5.12. The van der Waals surface area contributed by atoms with Crippen LogP contribution >= 0.6 is 0 Å². The number of rotatable bonds is 3. The molecule has 0 fully saturated rings. The molecule has 2 heterocycles. The maximum atomic E-state index is 5.76. The lowest BCUT2D eigenvalue weighted by atomic mass is 9.97. The lowest BCUT2D eigenvalue weighted by molar-refractivity contribution is 0.289. The average Bonchev–Trinajstić information content (AvgIpc) is 2.82. The number of benzene rings is 1. The molecule has 1 atom stereocenters. The fourth-order valence-corrected chi connectivity index (χ4v) is 2.76. The van der Waals surface area contributed by atoms with E-state index < -0.39 is 0 Å². The van der Waals surface area contributed by atoms with Crippen molar-refractivity contribution in [3.8, 4) is 5.75 Å². The maximum absolute atomic E-state index is 5.76. The van der Waals surface area contributed by atoms with Crippen molar-refractivity contribution in [2.75, 3.05) is 13.7 Å². The van der Waals surface area contributed by atoms with Crippen LogP contribution in [0.1, 0.15) is 24.5 Å². The lowest BCUT2D eigenvalue weighted by Crippen LogP contribution is -2.23. The summed E-state index contributed by atoms with van der Waals surface area (Å²) in [6.45, 7) is 3.07. The third-order valence-corrected chi connectivity index (χ3v) is 3.84. The number of aryl methyl sites for hydroxylation is 1. The minimum Gasteiger partial charge on any atom is -0.493 e. The van der Waals surface area contributed by atoms with Crippen molar-refractivity contribution in [1.29, 1.82) is 0 Å². The van der Waals surface area contributed by atoms with Gasteiger partial charge in [0.15, 0.2) is 0 Å². The molecule has 0 bridgehead atoms. The van der Waals surface area contributed by atoms with E-state index in [-0.39, 0.29) is 0 Å². The average molecular weight is 244 g/mol. The molecule has 0 unspecified atom stereocenters. The van der Waals surface area contributed by atoms with Crippen LogP contribution in [-0.2, 0) is 12.8 Å². The third-order valence-electron chi connectivity index (χ3n) is 3.84. The van der Waals surface area contributed by atoms with Gasteiger partial charge in [0.1, 0.15) is 5.75 Å². The van der Waals surface area contributed by atoms with Gasteiger partial charge in [0.2, 0.25) is 0 Å². The van der Waals surface area contributed by atoms with Crippen LogP contribution in [-0.4, -0.2) is 24.7 Å². The highest BCUT2D eigenvalue weighted by Gasteiger charge is 2.17. The predicted molar refractivity (Wildman–Crippen MR) is 74.3 cm³/mol. The van der Waals surface area contributed by atoms with Gasteiger partial charge in [-0.2, -0.15) is 0 Å². The van der Waals surface area contributed by atoms with Crippen molar-refractivity contribution in [3.05, 3.63) is 29.5 Å². The number of likely N-dealkylation sites (N-methyl/N-ethyl adjacent to an activating group) is 1. The van der Waals surface area contributed by atoms with E-state index in [9.17, 15) is 0 Å². The number of hydrogen-bond donors (Lipinski definition) is 2. The molecule has 0 saturated carbocycles. The fourth-order valence-electron chi connectivity index (χ4n) is 2.76. The van der Waals surface area contributed by atoms with Crippen LogP contribution in [0.3, 0.4) is 0 Å². The molecule has 3 rings (SSSR count). The summed E-state index contributed by atoms with van der Waals surface area (Å²) in [6.07, 6.45) is 5.45. The van der Waals surface area contributed by atoms with E-state index in [1.165, 1.54) is 22.0 Å². The smallest absolute Gasteiger partial charge is 0.123 e. The molecule has 1 aromatic carbocycles. The SMILES string of the molecule is CN[C@@H](C)Cc1c[nH]c2ccc3c(c12)CCCO3. The largest absolute Gasteiger partial charge is 0.493 e. The van der Waals surface area contributed by atoms with Crippen LogP contribution in [0.25, 0.3) is 10.9 Å². The molecule has 3 heteroatoms. The lowest BCUT2D eigenvalue weighted by Gasteiger charge is -2.19. The van der Waals surface area contributed by atoms with Gasteiger partial charge in [-0.05, 0) is 50.9 Å². The first-order chi connectivity index (χ1) is 8.79. The van der Waals surface area contributed by atoms with Crippen molar-refractivity contribution in [2.45, 2.75) is 32.2 Å². The molecular weight excluding hydrogens is 224 g/mol. The van der Waals surface area contributed by atoms with E-state index in [1.54, 1.807) is 0 Å². The first-order valence-corrected chi connectivity index (χ1v) is 6.71.